The van der Waals surface area contributed by atoms with Crippen LogP contribution in [-0.2, 0) is 18.3 Å². The van der Waals surface area contributed by atoms with E-state index in [1.165, 1.54) is 31.2 Å². The van der Waals surface area contributed by atoms with E-state index in [1.54, 1.807) is 0 Å². The summed E-state index contributed by atoms with van der Waals surface area (Å²) in [4.78, 5) is 4.11. The first-order valence-corrected chi connectivity index (χ1v) is 9.51. The molecule has 4 rings (SSSR count). The summed E-state index contributed by atoms with van der Waals surface area (Å²) >= 11 is 0. The van der Waals surface area contributed by atoms with Crippen LogP contribution in [0, 0.1) is 5.41 Å². The number of rotatable bonds is 6. The number of nitrogens with zero attached hydrogens (tertiary/aromatic N) is 3. The molecule has 2 atom stereocenters. The van der Waals surface area contributed by atoms with Gasteiger partial charge in [-0.2, -0.15) is 5.10 Å². The van der Waals surface area contributed by atoms with Crippen molar-refractivity contribution in [3.8, 4) is 11.3 Å². The minimum atomic E-state index is 0.370. The number of aromatic nitrogens is 3. The Bertz CT molecular complexity index is 706. The number of nitrogens with one attached hydrogen (secondary N) is 1. The molecular formula is C20H28N4O. The number of ether oxygens (including phenoxy) is 1. The highest BCUT2D eigenvalue weighted by molar-refractivity contribution is 5.61. The Hall–Kier alpha value is -1.72. The second kappa shape index (κ2) is 6.89. The van der Waals surface area contributed by atoms with Crippen molar-refractivity contribution in [2.75, 3.05) is 6.61 Å². The second-order valence-electron chi connectivity index (χ2n) is 7.47. The number of hydrogen-bond donors (Lipinski definition) is 1. The Morgan fingerprint density at radius 2 is 2.04 bits per heavy atom. The van der Waals surface area contributed by atoms with Crippen LogP contribution in [0.2, 0.25) is 0 Å². The molecule has 2 saturated carbocycles. The molecule has 2 fully saturated rings. The predicted molar refractivity (Wildman–Crippen MR) is 98.0 cm³/mol. The van der Waals surface area contributed by atoms with Gasteiger partial charge in [-0.05, 0) is 38.3 Å². The molecule has 134 valence electrons. The number of pyridine rings is 1. The van der Waals surface area contributed by atoms with Gasteiger partial charge in [0.25, 0.3) is 0 Å². The Morgan fingerprint density at radius 3 is 2.76 bits per heavy atom. The molecule has 0 radical (unpaired) electrons. The van der Waals surface area contributed by atoms with Gasteiger partial charge in [0.2, 0.25) is 0 Å². The molecular weight excluding hydrogens is 312 g/mol. The summed E-state index contributed by atoms with van der Waals surface area (Å²) < 4.78 is 7.94. The Labute approximate surface area is 149 Å². The zero-order valence-electron chi connectivity index (χ0n) is 15.2. The fraction of sp³-hybridized carbons (Fsp3) is 0.600. The molecule has 2 heterocycles. The summed E-state index contributed by atoms with van der Waals surface area (Å²) in [5.74, 6) is 0. The van der Waals surface area contributed by atoms with Crippen molar-refractivity contribution in [3.05, 3.63) is 36.3 Å². The third-order valence-corrected chi connectivity index (χ3v) is 6.08. The largest absolute Gasteiger partial charge is 0.378 e. The van der Waals surface area contributed by atoms with Gasteiger partial charge in [-0.1, -0.05) is 12.8 Å². The maximum Gasteiger partial charge on any atom is 0.0969 e. The van der Waals surface area contributed by atoms with E-state index in [4.69, 9.17) is 4.74 Å². The second-order valence-corrected chi connectivity index (χ2v) is 7.47. The van der Waals surface area contributed by atoms with Gasteiger partial charge in [-0.15, -0.1) is 0 Å². The van der Waals surface area contributed by atoms with Gasteiger partial charge in [-0.3, -0.25) is 9.67 Å². The van der Waals surface area contributed by atoms with Crippen LogP contribution in [0.1, 0.15) is 44.6 Å². The summed E-state index contributed by atoms with van der Waals surface area (Å²) in [6.45, 7) is 3.80. The van der Waals surface area contributed by atoms with E-state index in [1.807, 2.05) is 36.3 Å². The molecule has 0 saturated heterocycles. The molecule has 1 N–H and O–H groups in total. The van der Waals surface area contributed by atoms with Crippen LogP contribution >= 0.6 is 0 Å². The normalized spacial score (nSPS) is 24.6. The molecule has 0 bridgehead atoms. The van der Waals surface area contributed by atoms with E-state index in [9.17, 15) is 0 Å². The maximum absolute atomic E-state index is 6.03. The van der Waals surface area contributed by atoms with E-state index in [0.717, 1.165) is 30.8 Å². The van der Waals surface area contributed by atoms with E-state index < -0.39 is 0 Å². The molecule has 2 aliphatic carbocycles. The Morgan fingerprint density at radius 1 is 1.28 bits per heavy atom. The summed E-state index contributed by atoms with van der Waals surface area (Å²) in [5, 5.41) is 8.49. The van der Waals surface area contributed by atoms with Crippen molar-refractivity contribution >= 4 is 0 Å². The van der Waals surface area contributed by atoms with Crippen molar-refractivity contribution < 1.29 is 4.74 Å². The maximum atomic E-state index is 6.03. The van der Waals surface area contributed by atoms with Crippen molar-refractivity contribution in [1.82, 2.24) is 20.1 Å². The summed E-state index contributed by atoms with van der Waals surface area (Å²) in [7, 11) is 1.99. The van der Waals surface area contributed by atoms with Crippen LogP contribution in [0.25, 0.3) is 11.3 Å². The van der Waals surface area contributed by atoms with Crippen LogP contribution in [0.4, 0.5) is 0 Å². The van der Waals surface area contributed by atoms with Gasteiger partial charge >= 0.3 is 0 Å². The van der Waals surface area contributed by atoms with Crippen molar-refractivity contribution in [1.29, 1.82) is 0 Å². The molecule has 5 heteroatoms. The first-order chi connectivity index (χ1) is 12.2. The third-order valence-electron chi connectivity index (χ3n) is 6.08. The molecule has 2 aliphatic rings. The average Bonchev–Trinajstić information content (AvgIpc) is 3.27. The lowest BCUT2D eigenvalue weighted by Crippen LogP contribution is -2.62. The summed E-state index contributed by atoms with van der Waals surface area (Å²) in [6.07, 6.45) is 12.7. The van der Waals surface area contributed by atoms with Gasteiger partial charge in [0.05, 0.1) is 11.8 Å². The molecule has 2 aromatic rings. The molecule has 0 aliphatic heterocycles. The predicted octanol–water partition coefficient (Wildman–Crippen LogP) is 3.31. The monoisotopic (exact) mass is 340 g/mol. The SMILES string of the molecule is CCO[C@@H]1C[C@H](NCc2cn(C)nc2-c2ccncc2)C12CCCC2. The molecule has 2 aromatic heterocycles. The minimum absolute atomic E-state index is 0.370. The summed E-state index contributed by atoms with van der Waals surface area (Å²) in [6, 6.07) is 4.62. The fourth-order valence-electron chi connectivity index (χ4n) is 4.83. The van der Waals surface area contributed by atoms with Crippen LogP contribution in [-0.4, -0.2) is 33.5 Å². The van der Waals surface area contributed by atoms with Gasteiger partial charge in [0, 0.05) is 61.4 Å². The molecule has 0 aromatic carbocycles. The average molecular weight is 340 g/mol. The van der Waals surface area contributed by atoms with E-state index in [2.05, 4.69) is 28.5 Å². The minimum Gasteiger partial charge on any atom is -0.378 e. The first-order valence-electron chi connectivity index (χ1n) is 9.51. The van der Waals surface area contributed by atoms with E-state index in [0.29, 0.717) is 17.6 Å². The molecule has 0 unspecified atom stereocenters. The lowest BCUT2D eigenvalue weighted by molar-refractivity contribution is -0.130. The lowest BCUT2D eigenvalue weighted by Gasteiger charge is -2.54. The quantitative estimate of drug-likeness (QED) is 0.876. The van der Waals surface area contributed by atoms with Gasteiger partial charge < -0.3 is 10.1 Å². The molecule has 25 heavy (non-hydrogen) atoms. The third kappa shape index (κ3) is 3.00. The highest BCUT2D eigenvalue weighted by Gasteiger charge is 2.56. The zero-order valence-corrected chi connectivity index (χ0v) is 15.2. The highest BCUT2D eigenvalue weighted by atomic mass is 16.5. The molecule has 5 nitrogen and oxygen atoms in total. The molecule has 1 spiro atoms. The fourth-order valence-corrected chi connectivity index (χ4v) is 4.83. The highest BCUT2D eigenvalue weighted by Crippen LogP contribution is 2.54. The zero-order chi connectivity index (χ0) is 17.3. The van der Waals surface area contributed by atoms with Gasteiger partial charge in [-0.25, -0.2) is 0 Å². The van der Waals surface area contributed by atoms with Crippen molar-refractivity contribution in [2.45, 2.75) is 57.7 Å². The Balaban J connectivity index is 1.47. The smallest absolute Gasteiger partial charge is 0.0969 e. The van der Waals surface area contributed by atoms with Crippen LogP contribution in [0.3, 0.4) is 0 Å². The van der Waals surface area contributed by atoms with Crippen LogP contribution < -0.4 is 5.32 Å². The van der Waals surface area contributed by atoms with Crippen LogP contribution in [0.5, 0.6) is 0 Å². The number of aryl methyl sites for hydroxylation is 1. The molecule has 0 amide bonds. The number of hydrogen-bond acceptors (Lipinski definition) is 4. The topological polar surface area (TPSA) is 52.0 Å². The van der Waals surface area contributed by atoms with Gasteiger partial charge in [0.1, 0.15) is 0 Å². The van der Waals surface area contributed by atoms with Crippen molar-refractivity contribution in [3.63, 3.8) is 0 Å². The first kappa shape index (κ1) is 16.7. The Kier molecular flexibility index (Phi) is 4.61. The van der Waals surface area contributed by atoms with E-state index >= 15 is 0 Å². The summed E-state index contributed by atoms with van der Waals surface area (Å²) in [5.41, 5.74) is 3.80. The van der Waals surface area contributed by atoms with E-state index in [-0.39, 0.29) is 0 Å². The standard InChI is InChI=1S/C20H28N4O/c1-3-25-18-12-17(20(18)8-4-5-9-20)22-13-16-14-24(2)23-19(16)15-6-10-21-11-7-15/h6-7,10-11,14,17-18,22H,3-5,8-9,12-13H2,1-2H3/t17-,18+/m0/s1. The van der Waals surface area contributed by atoms with Gasteiger partial charge in [0.15, 0.2) is 0 Å². The van der Waals surface area contributed by atoms with Crippen molar-refractivity contribution in [2.24, 2.45) is 12.5 Å². The lowest BCUT2D eigenvalue weighted by atomic mass is 9.60. The van der Waals surface area contributed by atoms with Crippen LogP contribution in [0.15, 0.2) is 30.7 Å².